The topological polar surface area (TPSA) is 58.6 Å². The molecule has 1 unspecified atom stereocenters. The van der Waals surface area contributed by atoms with Crippen molar-refractivity contribution < 1.29 is 14.3 Å². The molecule has 1 fully saturated rings. The summed E-state index contributed by atoms with van der Waals surface area (Å²) >= 11 is 0. The number of hydrogen-bond donors (Lipinski definition) is 1. The normalized spacial score (nSPS) is 18.5. The molecule has 1 atom stereocenters. The molecule has 0 radical (unpaired) electrons. The Balaban J connectivity index is 2.06. The van der Waals surface area contributed by atoms with Crippen LogP contribution in [0.4, 0.5) is 0 Å². The molecule has 0 aromatic heterocycles. The Morgan fingerprint density at radius 1 is 1.40 bits per heavy atom. The average Bonchev–Trinajstić information content (AvgIpc) is 2.46. The highest BCUT2D eigenvalue weighted by molar-refractivity contribution is 5.94. The lowest BCUT2D eigenvalue weighted by atomic mass is 10.0. The summed E-state index contributed by atoms with van der Waals surface area (Å²) in [5, 5.41) is 2.88. The Morgan fingerprint density at radius 3 is 2.90 bits per heavy atom. The number of likely N-dealkylation sites (tertiary alicyclic amines) is 1. The molecule has 1 aliphatic rings. The molecule has 1 aromatic rings. The zero-order valence-corrected chi connectivity index (χ0v) is 11.9. The van der Waals surface area contributed by atoms with Gasteiger partial charge in [-0.1, -0.05) is 6.07 Å². The van der Waals surface area contributed by atoms with E-state index in [-0.39, 0.29) is 17.9 Å². The number of ether oxygens (including phenoxy) is 1. The van der Waals surface area contributed by atoms with Crippen molar-refractivity contribution in [1.29, 1.82) is 0 Å². The first-order valence-corrected chi connectivity index (χ1v) is 6.80. The van der Waals surface area contributed by atoms with Gasteiger partial charge in [-0.25, -0.2) is 0 Å². The van der Waals surface area contributed by atoms with Crippen LogP contribution in [0.5, 0.6) is 5.75 Å². The van der Waals surface area contributed by atoms with Crippen LogP contribution in [0, 0.1) is 0 Å². The maximum Gasteiger partial charge on any atom is 0.254 e. The lowest BCUT2D eigenvalue weighted by Crippen LogP contribution is -2.49. The average molecular weight is 276 g/mol. The third kappa shape index (κ3) is 3.50. The van der Waals surface area contributed by atoms with E-state index in [0.29, 0.717) is 17.9 Å². The van der Waals surface area contributed by atoms with E-state index in [0.717, 1.165) is 19.4 Å². The van der Waals surface area contributed by atoms with Gasteiger partial charge < -0.3 is 15.0 Å². The van der Waals surface area contributed by atoms with Crippen molar-refractivity contribution in [2.45, 2.75) is 25.8 Å². The van der Waals surface area contributed by atoms with Crippen molar-refractivity contribution >= 4 is 11.8 Å². The highest BCUT2D eigenvalue weighted by Crippen LogP contribution is 2.17. The fourth-order valence-corrected chi connectivity index (χ4v) is 2.51. The summed E-state index contributed by atoms with van der Waals surface area (Å²) in [4.78, 5) is 25.4. The summed E-state index contributed by atoms with van der Waals surface area (Å²) in [6.45, 7) is 2.80. The van der Waals surface area contributed by atoms with Gasteiger partial charge in [0.2, 0.25) is 5.91 Å². The molecule has 1 saturated heterocycles. The molecule has 1 N–H and O–H groups in total. The SMILES string of the molecule is COc1cccc(C(=O)N2CCCC(NC(C)=O)C2)c1. The van der Waals surface area contributed by atoms with E-state index in [4.69, 9.17) is 4.74 Å². The zero-order valence-electron chi connectivity index (χ0n) is 11.9. The number of carbonyl (C=O) groups excluding carboxylic acids is 2. The van der Waals surface area contributed by atoms with Gasteiger partial charge in [-0.05, 0) is 31.0 Å². The predicted octanol–water partition coefficient (Wildman–Crippen LogP) is 1.44. The molecule has 20 heavy (non-hydrogen) atoms. The Morgan fingerprint density at radius 2 is 2.20 bits per heavy atom. The first-order valence-electron chi connectivity index (χ1n) is 6.80. The van der Waals surface area contributed by atoms with Crippen LogP contribution in [0.25, 0.3) is 0 Å². The molecule has 108 valence electrons. The van der Waals surface area contributed by atoms with Gasteiger partial charge in [0.1, 0.15) is 5.75 Å². The van der Waals surface area contributed by atoms with Gasteiger partial charge >= 0.3 is 0 Å². The number of nitrogens with zero attached hydrogens (tertiary/aromatic N) is 1. The largest absolute Gasteiger partial charge is 0.497 e. The van der Waals surface area contributed by atoms with Gasteiger partial charge in [0.25, 0.3) is 5.91 Å². The van der Waals surface area contributed by atoms with Crippen molar-refractivity contribution in [1.82, 2.24) is 10.2 Å². The van der Waals surface area contributed by atoms with E-state index >= 15 is 0 Å². The second-order valence-electron chi connectivity index (χ2n) is 5.02. The van der Waals surface area contributed by atoms with Crippen molar-refractivity contribution in [3.05, 3.63) is 29.8 Å². The Bertz CT molecular complexity index is 502. The van der Waals surface area contributed by atoms with E-state index < -0.39 is 0 Å². The van der Waals surface area contributed by atoms with Crippen LogP contribution in [-0.2, 0) is 4.79 Å². The van der Waals surface area contributed by atoms with Crippen molar-refractivity contribution in [3.8, 4) is 5.75 Å². The standard InChI is InChI=1S/C15H20N2O3/c1-11(18)16-13-6-4-8-17(10-13)15(19)12-5-3-7-14(9-12)20-2/h3,5,7,9,13H,4,6,8,10H2,1-2H3,(H,16,18). The second kappa shape index (κ2) is 6.41. The maximum absolute atomic E-state index is 12.5. The molecule has 5 nitrogen and oxygen atoms in total. The fourth-order valence-electron chi connectivity index (χ4n) is 2.51. The first kappa shape index (κ1) is 14.4. The van der Waals surface area contributed by atoms with Crippen LogP contribution in [0.15, 0.2) is 24.3 Å². The van der Waals surface area contributed by atoms with Gasteiger partial charge in [0.05, 0.1) is 7.11 Å². The van der Waals surface area contributed by atoms with Crippen LogP contribution < -0.4 is 10.1 Å². The number of methoxy groups -OCH3 is 1. The molecule has 0 bridgehead atoms. The first-order chi connectivity index (χ1) is 9.60. The van der Waals surface area contributed by atoms with Gasteiger partial charge in [0, 0.05) is 31.6 Å². The number of nitrogens with one attached hydrogen (secondary N) is 1. The van der Waals surface area contributed by atoms with Crippen molar-refractivity contribution in [2.75, 3.05) is 20.2 Å². The minimum absolute atomic E-state index is 0.0149. The number of benzene rings is 1. The molecular formula is C15H20N2O3. The molecule has 1 aromatic carbocycles. The van der Waals surface area contributed by atoms with E-state index in [1.54, 1.807) is 30.2 Å². The van der Waals surface area contributed by atoms with E-state index in [1.807, 2.05) is 6.07 Å². The lowest BCUT2D eigenvalue weighted by molar-refractivity contribution is -0.120. The van der Waals surface area contributed by atoms with Crippen LogP contribution in [-0.4, -0.2) is 43.0 Å². The number of rotatable bonds is 3. The zero-order chi connectivity index (χ0) is 14.5. The van der Waals surface area contributed by atoms with Crippen LogP contribution in [0.3, 0.4) is 0 Å². The van der Waals surface area contributed by atoms with Gasteiger partial charge in [-0.2, -0.15) is 0 Å². The quantitative estimate of drug-likeness (QED) is 0.908. The van der Waals surface area contributed by atoms with Gasteiger partial charge in [-0.3, -0.25) is 9.59 Å². The molecule has 1 heterocycles. The lowest BCUT2D eigenvalue weighted by Gasteiger charge is -2.33. The maximum atomic E-state index is 12.5. The number of piperidine rings is 1. The third-order valence-corrected chi connectivity index (χ3v) is 3.43. The van der Waals surface area contributed by atoms with Gasteiger partial charge in [0.15, 0.2) is 0 Å². The summed E-state index contributed by atoms with van der Waals surface area (Å²) in [5.74, 6) is 0.607. The summed E-state index contributed by atoms with van der Waals surface area (Å²) < 4.78 is 5.14. The molecule has 5 heteroatoms. The minimum Gasteiger partial charge on any atom is -0.497 e. The third-order valence-electron chi connectivity index (χ3n) is 3.43. The Hall–Kier alpha value is -2.04. The van der Waals surface area contributed by atoms with Crippen molar-refractivity contribution in [3.63, 3.8) is 0 Å². The number of carbonyl (C=O) groups is 2. The summed E-state index contributed by atoms with van der Waals surface area (Å²) in [6, 6.07) is 7.20. The molecular weight excluding hydrogens is 256 g/mol. The van der Waals surface area contributed by atoms with E-state index in [9.17, 15) is 9.59 Å². The fraction of sp³-hybridized carbons (Fsp3) is 0.467. The molecule has 0 aliphatic carbocycles. The molecule has 1 aliphatic heterocycles. The monoisotopic (exact) mass is 276 g/mol. The Kier molecular flexibility index (Phi) is 4.61. The summed E-state index contributed by atoms with van der Waals surface area (Å²) in [6.07, 6.45) is 1.82. The molecule has 2 amide bonds. The van der Waals surface area contributed by atoms with Crippen LogP contribution in [0.1, 0.15) is 30.1 Å². The van der Waals surface area contributed by atoms with Crippen molar-refractivity contribution in [2.24, 2.45) is 0 Å². The highest BCUT2D eigenvalue weighted by atomic mass is 16.5. The highest BCUT2D eigenvalue weighted by Gasteiger charge is 2.24. The van der Waals surface area contributed by atoms with E-state index in [2.05, 4.69) is 5.32 Å². The minimum atomic E-state index is -0.0503. The predicted molar refractivity (Wildman–Crippen MR) is 75.7 cm³/mol. The molecule has 0 spiro atoms. The van der Waals surface area contributed by atoms with Gasteiger partial charge in [-0.15, -0.1) is 0 Å². The van der Waals surface area contributed by atoms with E-state index in [1.165, 1.54) is 6.92 Å². The number of amides is 2. The van der Waals surface area contributed by atoms with Crippen LogP contribution in [0.2, 0.25) is 0 Å². The second-order valence-corrected chi connectivity index (χ2v) is 5.02. The Labute approximate surface area is 118 Å². The smallest absolute Gasteiger partial charge is 0.254 e. The summed E-state index contributed by atoms with van der Waals surface area (Å²) in [7, 11) is 1.58. The molecule has 2 rings (SSSR count). The summed E-state index contributed by atoms with van der Waals surface area (Å²) in [5.41, 5.74) is 0.618. The molecule has 0 saturated carbocycles. The number of hydrogen-bond acceptors (Lipinski definition) is 3. The van der Waals surface area contributed by atoms with Crippen LogP contribution >= 0.6 is 0 Å².